The molecule has 9 heteroatoms. The first-order chi connectivity index (χ1) is 12.6. The molecule has 0 aliphatic carbocycles. The van der Waals surface area contributed by atoms with Crippen LogP contribution >= 0.6 is 0 Å². The van der Waals surface area contributed by atoms with E-state index in [-0.39, 0.29) is 11.1 Å². The lowest BCUT2D eigenvalue weighted by Crippen LogP contribution is -2.30. The summed E-state index contributed by atoms with van der Waals surface area (Å²) in [5.74, 6) is -2.38. The van der Waals surface area contributed by atoms with Gasteiger partial charge in [-0.1, -0.05) is 6.07 Å². The number of amides is 2. The number of nitrogens with two attached hydrogens (primary N) is 1. The number of halogens is 3. The lowest BCUT2D eigenvalue weighted by molar-refractivity contribution is -0.137. The van der Waals surface area contributed by atoms with Crippen molar-refractivity contribution < 1.29 is 32.3 Å². The van der Waals surface area contributed by atoms with E-state index in [4.69, 9.17) is 10.5 Å². The SMILES string of the molecule is C[C@H](OC(=O)c1cccc(C(F)(F)F)c1)C(=O)Nc1ccc(C(N)=O)cc1. The normalized spacial score (nSPS) is 12.1. The van der Waals surface area contributed by atoms with Crippen LogP contribution in [0.15, 0.2) is 48.5 Å². The fourth-order valence-electron chi connectivity index (χ4n) is 2.07. The number of carbonyl (C=O) groups excluding carboxylic acids is 3. The number of hydrogen-bond donors (Lipinski definition) is 2. The minimum Gasteiger partial charge on any atom is -0.449 e. The Labute approximate surface area is 152 Å². The highest BCUT2D eigenvalue weighted by molar-refractivity contribution is 5.98. The zero-order chi connectivity index (χ0) is 20.2. The third-order valence-electron chi connectivity index (χ3n) is 3.52. The molecule has 142 valence electrons. The quantitative estimate of drug-likeness (QED) is 0.779. The maximum Gasteiger partial charge on any atom is 0.416 e. The largest absolute Gasteiger partial charge is 0.449 e. The molecule has 0 heterocycles. The van der Waals surface area contributed by atoms with E-state index in [9.17, 15) is 27.6 Å². The Morgan fingerprint density at radius 2 is 1.67 bits per heavy atom. The molecule has 27 heavy (non-hydrogen) atoms. The molecule has 0 spiro atoms. The highest BCUT2D eigenvalue weighted by atomic mass is 19.4. The highest BCUT2D eigenvalue weighted by Gasteiger charge is 2.31. The van der Waals surface area contributed by atoms with E-state index in [1.54, 1.807) is 0 Å². The summed E-state index contributed by atoms with van der Waals surface area (Å²) in [5, 5.41) is 2.45. The topological polar surface area (TPSA) is 98.5 Å². The van der Waals surface area contributed by atoms with Crippen molar-refractivity contribution >= 4 is 23.5 Å². The van der Waals surface area contributed by atoms with Crippen molar-refractivity contribution in [3.8, 4) is 0 Å². The summed E-state index contributed by atoms with van der Waals surface area (Å²) in [6, 6.07) is 9.36. The average Bonchev–Trinajstić information content (AvgIpc) is 2.61. The van der Waals surface area contributed by atoms with Crippen molar-refractivity contribution in [2.24, 2.45) is 5.73 Å². The summed E-state index contributed by atoms with van der Waals surface area (Å²) in [5.41, 5.74) is 4.36. The monoisotopic (exact) mass is 380 g/mol. The van der Waals surface area contributed by atoms with Crippen LogP contribution in [0.1, 0.15) is 33.2 Å². The van der Waals surface area contributed by atoms with Gasteiger partial charge in [0, 0.05) is 11.3 Å². The summed E-state index contributed by atoms with van der Waals surface area (Å²) in [7, 11) is 0. The molecule has 0 fully saturated rings. The third-order valence-corrected chi connectivity index (χ3v) is 3.52. The van der Waals surface area contributed by atoms with Gasteiger partial charge in [0.1, 0.15) is 0 Å². The first-order valence-corrected chi connectivity index (χ1v) is 7.67. The van der Waals surface area contributed by atoms with Crippen molar-refractivity contribution in [3.63, 3.8) is 0 Å². The van der Waals surface area contributed by atoms with Crippen molar-refractivity contribution in [1.82, 2.24) is 0 Å². The van der Waals surface area contributed by atoms with Crippen LogP contribution in [0.2, 0.25) is 0 Å². The molecule has 2 amide bonds. The standard InChI is InChI=1S/C18H15F3N2O4/c1-10(16(25)23-14-7-5-11(6-8-14)15(22)24)27-17(26)12-3-2-4-13(9-12)18(19,20)21/h2-10H,1H3,(H2,22,24)(H,23,25)/t10-/m0/s1. The molecule has 6 nitrogen and oxygen atoms in total. The Morgan fingerprint density at radius 1 is 1.04 bits per heavy atom. The maximum absolute atomic E-state index is 12.7. The van der Waals surface area contributed by atoms with Crippen molar-refractivity contribution in [2.45, 2.75) is 19.2 Å². The molecule has 2 rings (SSSR count). The molecule has 0 aromatic heterocycles. The van der Waals surface area contributed by atoms with Crippen LogP contribution in [0.3, 0.4) is 0 Å². The summed E-state index contributed by atoms with van der Waals surface area (Å²) in [4.78, 5) is 35.0. The van der Waals surface area contributed by atoms with Gasteiger partial charge in [-0.25, -0.2) is 4.79 Å². The molecule has 3 N–H and O–H groups in total. The minimum absolute atomic E-state index is 0.247. The second-order valence-corrected chi connectivity index (χ2v) is 5.56. The highest BCUT2D eigenvalue weighted by Crippen LogP contribution is 2.29. The number of hydrogen-bond acceptors (Lipinski definition) is 4. The number of alkyl halides is 3. The lowest BCUT2D eigenvalue weighted by Gasteiger charge is -2.14. The van der Waals surface area contributed by atoms with E-state index < -0.39 is 35.6 Å². The van der Waals surface area contributed by atoms with Gasteiger partial charge in [-0.05, 0) is 49.4 Å². The summed E-state index contributed by atoms with van der Waals surface area (Å²) in [6.07, 6.45) is -5.86. The summed E-state index contributed by atoms with van der Waals surface area (Å²) < 4.78 is 43.0. The smallest absolute Gasteiger partial charge is 0.416 e. The van der Waals surface area contributed by atoms with E-state index in [0.717, 1.165) is 18.2 Å². The van der Waals surface area contributed by atoms with Crippen molar-refractivity contribution in [2.75, 3.05) is 5.32 Å². The molecular formula is C18H15F3N2O4. The molecule has 0 saturated heterocycles. The second kappa shape index (κ2) is 7.90. The van der Waals surface area contributed by atoms with Crippen LogP contribution in [0, 0.1) is 0 Å². The van der Waals surface area contributed by atoms with E-state index in [1.165, 1.54) is 31.2 Å². The number of nitrogens with one attached hydrogen (secondary N) is 1. The molecule has 0 saturated carbocycles. The Hall–Kier alpha value is -3.36. The molecule has 0 aliphatic heterocycles. The van der Waals surface area contributed by atoms with Crippen molar-refractivity contribution in [3.05, 3.63) is 65.2 Å². The number of anilines is 1. The second-order valence-electron chi connectivity index (χ2n) is 5.56. The van der Waals surface area contributed by atoms with Crippen LogP contribution < -0.4 is 11.1 Å². The molecule has 2 aromatic carbocycles. The molecule has 0 bridgehead atoms. The Balaban J connectivity index is 2.01. The number of benzene rings is 2. The fourth-order valence-corrected chi connectivity index (χ4v) is 2.07. The van der Waals surface area contributed by atoms with E-state index in [2.05, 4.69) is 5.32 Å². The number of primary amides is 1. The van der Waals surface area contributed by atoms with Gasteiger partial charge < -0.3 is 15.8 Å². The average molecular weight is 380 g/mol. The Bertz CT molecular complexity index is 864. The van der Waals surface area contributed by atoms with Gasteiger partial charge in [-0.3, -0.25) is 9.59 Å². The first-order valence-electron chi connectivity index (χ1n) is 7.67. The minimum atomic E-state index is -4.60. The molecule has 0 aliphatic rings. The number of ether oxygens (including phenoxy) is 1. The van der Waals surface area contributed by atoms with E-state index in [0.29, 0.717) is 11.8 Å². The molecule has 2 aromatic rings. The Kier molecular flexibility index (Phi) is 5.84. The van der Waals surface area contributed by atoms with Crippen LogP contribution in [-0.2, 0) is 15.7 Å². The molecular weight excluding hydrogens is 365 g/mol. The predicted octanol–water partition coefficient (Wildman–Crippen LogP) is 2.99. The van der Waals surface area contributed by atoms with E-state index >= 15 is 0 Å². The Morgan fingerprint density at radius 3 is 2.22 bits per heavy atom. The molecule has 1 atom stereocenters. The van der Waals surface area contributed by atoms with Crippen LogP contribution in [0.5, 0.6) is 0 Å². The molecule has 0 unspecified atom stereocenters. The summed E-state index contributed by atoms with van der Waals surface area (Å²) in [6.45, 7) is 1.28. The van der Waals surface area contributed by atoms with Gasteiger partial charge in [0.25, 0.3) is 5.91 Å². The molecule has 0 radical (unpaired) electrons. The zero-order valence-corrected chi connectivity index (χ0v) is 14.0. The number of rotatable bonds is 5. The predicted molar refractivity (Wildman–Crippen MR) is 89.9 cm³/mol. The first kappa shape index (κ1) is 20.0. The van der Waals surface area contributed by atoms with Gasteiger partial charge in [0.2, 0.25) is 5.91 Å². The van der Waals surface area contributed by atoms with Crippen LogP contribution in [-0.4, -0.2) is 23.9 Å². The van der Waals surface area contributed by atoms with Gasteiger partial charge in [-0.2, -0.15) is 13.2 Å². The fraction of sp³-hybridized carbons (Fsp3) is 0.167. The zero-order valence-electron chi connectivity index (χ0n) is 14.0. The van der Waals surface area contributed by atoms with Crippen LogP contribution in [0.4, 0.5) is 18.9 Å². The maximum atomic E-state index is 12.7. The van der Waals surface area contributed by atoms with Gasteiger partial charge in [-0.15, -0.1) is 0 Å². The van der Waals surface area contributed by atoms with Crippen molar-refractivity contribution in [1.29, 1.82) is 0 Å². The van der Waals surface area contributed by atoms with Crippen LogP contribution in [0.25, 0.3) is 0 Å². The van der Waals surface area contributed by atoms with Gasteiger partial charge in [0.15, 0.2) is 6.10 Å². The number of esters is 1. The van der Waals surface area contributed by atoms with Gasteiger partial charge >= 0.3 is 12.1 Å². The number of carbonyl (C=O) groups is 3. The summed E-state index contributed by atoms with van der Waals surface area (Å²) >= 11 is 0. The van der Waals surface area contributed by atoms with E-state index in [1.807, 2.05) is 0 Å². The lowest BCUT2D eigenvalue weighted by atomic mass is 10.1. The van der Waals surface area contributed by atoms with Gasteiger partial charge in [0.05, 0.1) is 11.1 Å². The third kappa shape index (κ3) is 5.30.